The molecular formula is C34H30N2O5. The third kappa shape index (κ3) is 6.89. The van der Waals surface area contributed by atoms with Gasteiger partial charge in [0.05, 0.1) is 0 Å². The number of carbonyl (C=O) groups excluding carboxylic acids is 2. The molecule has 0 spiro atoms. The fraction of sp³-hybridized carbons (Fsp3) is 0.147. The zero-order valence-electron chi connectivity index (χ0n) is 22.3. The number of rotatable bonds is 10. The lowest BCUT2D eigenvalue weighted by molar-refractivity contribution is -0.142. The summed E-state index contributed by atoms with van der Waals surface area (Å²) in [6, 6.07) is 33.8. The number of hydrogen-bond donors (Lipinski definition) is 3. The molecule has 0 aliphatic rings. The van der Waals surface area contributed by atoms with Gasteiger partial charge in [-0.25, -0.2) is 9.59 Å². The molecule has 0 aliphatic heterocycles. The largest absolute Gasteiger partial charge is 0.480 e. The normalized spacial score (nSPS) is 12.4. The molecule has 0 bridgehead atoms. The van der Waals surface area contributed by atoms with E-state index in [2.05, 4.69) is 16.7 Å². The van der Waals surface area contributed by atoms with E-state index < -0.39 is 30.1 Å². The maximum atomic E-state index is 13.5. The first-order valence-corrected chi connectivity index (χ1v) is 13.4. The zero-order chi connectivity index (χ0) is 28.6. The summed E-state index contributed by atoms with van der Waals surface area (Å²) in [5.41, 5.74) is 2.45. The van der Waals surface area contributed by atoms with E-state index in [0.717, 1.165) is 38.2 Å². The van der Waals surface area contributed by atoms with Gasteiger partial charge in [0, 0.05) is 12.8 Å². The van der Waals surface area contributed by atoms with Gasteiger partial charge in [-0.05, 0) is 44.3 Å². The molecule has 0 saturated carbocycles. The van der Waals surface area contributed by atoms with Crippen molar-refractivity contribution in [3.8, 4) is 0 Å². The summed E-state index contributed by atoms with van der Waals surface area (Å²) in [6.07, 6.45) is -0.535. The second-order valence-electron chi connectivity index (χ2n) is 9.85. The van der Waals surface area contributed by atoms with Crippen molar-refractivity contribution >= 4 is 39.5 Å². The summed E-state index contributed by atoms with van der Waals surface area (Å²) in [5, 5.41) is 19.3. The van der Waals surface area contributed by atoms with Crippen LogP contribution in [0.5, 0.6) is 0 Å². The number of carboxylic acids is 1. The van der Waals surface area contributed by atoms with Crippen LogP contribution in [0.1, 0.15) is 16.7 Å². The summed E-state index contributed by atoms with van der Waals surface area (Å²) in [7, 11) is 0. The molecule has 5 aromatic carbocycles. The molecule has 0 saturated heterocycles. The summed E-state index contributed by atoms with van der Waals surface area (Å²) in [5.74, 6) is -1.78. The first-order chi connectivity index (χ1) is 20.0. The fourth-order valence-electron chi connectivity index (χ4n) is 4.97. The van der Waals surface area contributed by atoms with Gasteiger partial charge in [0.15, 0.2) is 0 Å². The maximum absolute atomic E-state index is 13.5. The Hall–Kier alpha value is -5.17. The highest BCUT2D eigenvalue weighted by Crippen LogP contribution is 2.29. The molecule has 0 aliphatic carbocycles. The molecule has 0 unspecified atom stereocenters. The van der Waals surface area contributed by atoms with Crippen molar-refractivity contribution < 1.29 is 24.2 Å². The highest BCUT2D eigenvalue weighted by Gasteiger charge is 2.28. The van der Waals surface area contributed by atoms with Crippen LogP contribution in [0.3, 0.4) is 0 Å². The van der Waals surface area contributed by atoms with Crippen molar-refractivity contribution in [3.63, 3.8) is 0 Å². The average Bonchev–Trinajstić information content (AvgIpc) is 3.00. The van der Waals surface area contributed by atoms with E-state index in [-0.39, 0.29) is 19.4 Å². The van der Waals surface area contributed by atoms with Crippen LogP contribution in [0.25, 0.3) is 21.5 Å². The lowest BCUT2D eigenvalue weighted by Gasteiger charge is -2.22. The number of ether oxygens (including phenoxy) is 1. The minimum Gasteiger partial charge on any atom is -0.480 e. The summed E-state index contributed by atoms with van der Waals surface area (Å²) >= 11 is 0. The Labute approximate surface area is 237 Å². The molecule has 2 amide bonds. The van der Waals surface area contributed by atoms with Crippen molar-refractivity contribution in [2.45, 2.75) is 31.5 Å². The van der Waals surface area contributed by atoms with E-state index in [1.165, 1.54) is 0 Å². The average molecular weight is 547 g/mol. The number of amides is 2. The van der Waals surface area contributed by atoms with E-state index in [9.17, 15) is 19.5 Å². The van der Waals surface area contributed by atoms with Crippen LogP contribution >= 0.6 is 0 Å². The third-order valence-corrected chi connectivity index (χ3v) is 7.01. The molecular weight excluding hydrogens is 516 g/mol. The van der Waals surface area contributed by atoms with Crippen LogP contribution in [-0.2, 0) is 33.8 Å². The number of carboxylic acid groups (broad SMARTS) is 1. The SMILES string of the molecule is O=C(N[C@@H](Cc1ccccc1)C(=O)N[C@@H](Cc1c2ccccc2cc2ccccc12)C(=O)O)OCc1ccccc1. The summed E-state index contributed by atoms with van der Waals surface area (Å²) < 4.78 is 5.34. The van der Waals surface area contributed by atoms with Crippen molar-refractivity contribution in [2.75, 3.05) is 0 Å². The van der Waals surface area contributed by atoms with Gasteiger partial charge in [-0.3, -0.25) is 4.79 Å². The minimum atomic E-state index is -1.22. The number of fused-ring (bicyclic) bond motifs is 2. The molecule has 7 heteroatoms. The van der Waals surface area contributed by atoms with Crippen LogP contribution in [-0.4, -0.2) is 35.2 Å². The van der Waals surface area contributed by atoms with Gasteiger partial charge in [0.25, 0.3) is 0 Å². The van der Waals surface area contributed by atoms with E-state index in [1.54, 1.807) is 0 Å². The Morgan fingerprint density at radius 2 is 1.17 bits per heavy atom. The van der Waals surface area contributed by atoms with Crippen LogP contribution in [0, 0.1) is 0 Å². The van der Waals surface area contributed by atoms with Gasteiger partial charge in [0.1, 0.15) is 18.7 Å². The third-order valence-electron chi connectivity index (χ3n) is 7.01. The topological polar surface area (TPSA) is 105 Å². The molecule has 2 atom stereocenters. The molecule has 3 N–H and O–H groups in total. The monoisotopic (exact) mass is 546 g/mol. The van der Waals surface area contributed by atoms with Crippen LogP contribution in [0.4, 0.5) is 4.79 Å². The molecule has 0 fully saturated rings. The van der Waals surface area contributed by atoms with Crippen molar-refractivity contribution in [1.82, 2.24) is 10.6 Å². The molecule has 41 heavy (non-hydrogen) atoms. The van der Waals surface area contributed by atoms with Crippen LogP contribution < -0.4 is 10.6 Å². The lowest BCUT2D eigenvalue weighted by atomic mass is 9.92. The van der Waals surface area contributed by atoms with E-state index in [4.69, 9.17) is 4.74 Å². The number of aliphatic carboxylic acids is 1. The number of alkyl carbamates (subject to hydrolysis) is 1. The predicted molar refractivity (Wildman–Crippen MR) is 158 cm³/mol. The van der Waals surface area contributed by atoms with Gasteiger partial charge in [-0.15, -0.1) is 0 Å². The van der Waals surface area contributed by atoms with E-state index in [1.807, 2.05) is 109 Å². The molecule has 0 radical (unpaired) electrons. The highest BCUT2D eigenvalue weighted by atomic mass is 16.5. The number of carbonyl (C=O) groups is 3. The Balaban J connectivity index is 1.38. The summed E-state index contributed by atoms with van der Waals surface area (Å²) in [6.45, 7) is 0.0399. The standard InChI is InChI=1S/C34H30N2O5/c37-32(30(19-23-11-3-1-4-12-23)36-34(40)41-22-24-13-5-2-6-14-24)35-31(33(38)39)21-29-27-17-9-7-15-25(27)20-26-16-8-10-18-28(26)29/h1-18,20,30-31H,19,21-22H2,(H,35,37)(H,36,40)(H,38,39)/t30-,31-/m0/s1. The zero-order valence-corrected chi connectivity index (χ0v) is 22.3. The van der Waals surface area contributed by atoms with Crippen LogP contribution in [0.15, 0.2) is 115 Å². The van der Waals surface area contributed by atoms with Gasteiger partial charge >= 0.3 is 12.1 Å². The molecule has 0 heterocycles. The van der Waals surface area contributed by atoms with Crippen molar-refractivity contribution in [3.05, 3.63) is 132 Å². The Kier molecular flexibility index (Phi) is 8.55. The van der Waals surface area contributed by atoms with Gasteiger partial charge < -0.3 is 20.5 Å². The van der Waals surface area contributed by atoms with Gasteiger partial charge in [0.2, 0.25) is 5.91 Å². The second kappa shape index (κ2) is 12.8. The quantitative estimate of drug-likeness (QED) is 0.197. The number of benzene rings is 5. The van der Waals surface area contributed by atoms with E-state index >= 15 is 0 Å². The Morgan fingerprint density at radius 3 is 1.76 bits per heavy atom. The Bertz CT molecular complexity index is 1620. The molecule has 206 valence electrons. The first kappa shape index (κ1) is 27.4. The molecule has 7 nitrogen and oxygen atoms in total. The molecule has 5 aromatic rings. The molecule has 0 aromatic heterocycles. The predicted octanol–water partition coefficient (Wildman–Crippen LogP) is 5.64. The van der Waals surface area contributed by atoms with Crippen molar-refractivity contribution in [1.29, 1.82) is 0 Å². The number of nitrogens with one attached hydrogen (secondary N) is 2. The highest BCUT2D eigenvalue weighted by molar-refractivity contribution is 6.03. The van der Waals surface area contributed by atoms with E-state index in [0.29, 0.717) is 0 Å². The second-order valence-corrected chi connectivity index (χ2v) is 9.85. The van der Waals surface area contributed by atoms with Gasteiger partial charge in [-0.2, -0.15) is 0 Å². The van der Waals surface area contributed by atoms with Crippen LogP contribution in [0.2, 0.25) is 0 Å². The fourth-order valence-corrected chi connectivity index (χ4v) is 4.97. The maximum Gasteiger partial charge on any atom is 0.408 e. The Morgan fingerprint density at radius 1 is 0.634 bits per heavy atom. The summed E-state index contributed by atoms with van der Waals surface area (Å²) in [4.78, 5) is 38.7. The minimum absolute atomic E-state index is 0.0399. The van der Waals surface area contributed by atoms with Gasteiger partial charge in [-0.1, -0.05) is 109 Å². The molecule has 5 rings (SSSR count). The smallest absolute Gasteiger partial charge is 0.408 e. The lowest BCUT2D eigenvalue weighted by Crippen LogP contribution is -2.53. The number of hydrogen-bond acceptors (Lipinski definition) is 4. The van der Waals surface area contributed by atoms with Crippen molar-refractivity contribution in [2.24, 2.45) is 0 Å². The first-order valence-electron chi connectivity index (χ1n) is 13.4.